The zero-order valence-corrected chi connectivity index (χ0v) is 18.5. The molecule has 1 aromatic carbocycles. The van der Waals surface area contributed by atoms with E-state index in [0.717, 1.165) is 31.6 Å². The molecule has 0 unspecified atom stereocenters. The molecule has 2 heterocycles. The van der Waals surface area contributed by atoms with E-state index >= 15 is 0 Å². The highest BCUT2D eigenvalue weighted by atomic mass is 19.1. The van der Waals surface area contributed by atoms with E-state index in [0.29, 0.717) is 30.9 Å². The number of halogens is 1. The summed E-state index contributed by atoms with van der Waals surface area (Å²) in [5.41, 5.74) is 0.187. The number of aromatic nitrogens is 2. The van der Waals surface area contributed by atoms with Gasteiger partial charge in [0, 0.05) is 50.4 Å². The van der Waals surface area contributed by atoms with Gasteiger partial charge in [0.25, 0.3) is 5.91 Å². The van der Waals surface area contributed by atoms with Gasteiger partial charge in [-0.2, -0.15) is 0 Å². The summed E-state index contributed by atoms with van der Waals surface area (Å²) in [5, 5.41) is 5.76. The molecule has 0 atom stereocenters. The number of carbonyl (C=O) groups excluding carboxylic acids is 2. The fourth-order valence-electron chi connectivity index (χ4n) is 4.20. The summed E-state index contributed by atoms with van der Waals surface area (Å²) in [5.74, 6) is -0.595. The summed E-state index contributed by atoms with van der Waals surface area (Å²) in [6.07, 6.45) is 5.34. The van der Waals surface area contributed by atoms with Gasteiger partial charge in [-0.1, -0.05) is 6.07 Å². The van der Waals surface area contributed by atoms with E-state index < -0.39 is 17.1 Å². The minimum Gasteiger partial charge on any atom is -0.380 e. The number of piperidine rings is 1. The van der Waals surface area contributed by atoms with Crippen molar-refractivity contribution in [3.63, 3.8) is 0 Å². The van der Waals surface area contributed by atoms with Crippen molar-refractivity contribution in [2.45, 2.75) is 37.8 Å². The lowest BCUT2D eigenvalue weighted by Gasteiger charge is -2.35. The van der Waals surface area contributed by atoms with Gasteiger partial charge in [0.15, 0.2) is 0 Å². The van der Waals surface area contributed by atoms with E-state index in [9.17, 15) is 18.8 Å². The van der Waals surface area contributed by atoms with Crippen molar-refractivity contribution in [1.29, 1.82) is 0 Å². The molecule has 1 aromatic heterocycles. The minimum atomic E-state index is -0.898. The van der Waals surface area contributed by atoms with Gasteiger partial charge in [-0.3, -0.25) is 9.59 Å². The maximum atomic E-state index is 14.2. The number of nitrogens with zero attached hydrogens (tertiary/aromatic N) is 2. The third-order valence-corrected chi connectivity index (χ3v) is 6.36. The summed E-state index contributed by atoms with van der Waals surface area (Å²) in [4.78, 5) is 44.3. The predicted octanol–water partition coefficient (Wildman–Crippen LogP) is 1.35. The number of rotatable bonds is 8. The molecule has 1 saturated heterocycles. The number of nitrogens with one attached hydrogen (secondary N) is 3. The molecular formula is C23H28FN5O4. The van der Waals surface area contributed by atoms with Gasteiger partial charge in [0.05, 0.1) is 12.2 Å². The normalized spacial score (nSPS) is 17.5. The Bertz CT molecular complexity index is 1060. The molecule has 1 aliphatic heterocycles. The molecule has 0 radical (unpaired) electrons. The molecule has 0 bridgehead atoms. The second-order valence-corrected chi connectivity index (χ2v) is 8.65. The lowest BCUT2D eigenvalue weighted by molar-refractivity contribution is -0.124. The SMILES string of the molecule is COCc1c(F)cccc1N1CCC(CNC(=O)C2(NC(=O)c3cnc(=O)[nH]c3)CC2)CC1. The van der Waals surface area contributed by atoms with Crippen LogP contribution < -0.4 is 21.2 Å². The highest BCUT2D eigenvalue weighted by Gasteiger charge is 2.51. The first-order chi connectivity index (χ1) is 15.9. The molecule has 9 nitrogen and oxygen atoms in total. The number of amides is 2. The zero-order chi connectivity index (χ0) is 23.4. The minimum absolute atomic E-state index is 0.192. The average Bonchev–Trinajstić information content (AvgIpc) is 3.60. The lowest BCUT2D eigenvalue weighted by Crippen LogP contribution is -2.50. The van der Waals surface area contributed by atoms with Gasteiger partial charge in [-0.15, -0.1) is 0 Å². The maximum absolute atomic E-state index is 14.2. The average molecular weight is 458 g/mol. The smallest absolute Gasteiger partial charge is 0.344 e. The van der Waals surface area contributed by atoms with Crippen LogP contribution in [0, 0.1) is 11.7 Å². The monoisotopic (exact) mass is 457 g/mol. The molecule has 2 fully saturated rings. The molecular weight excluding hydrogens is 429 g/mol. The Balaban J connectivity index is 1.27. The van der Waals surface area contributed by atoms with Crippen molar-refractivity contribution in [1.82, 2.24) is 20.6 Å². The number of hydrogen-bond donors (Lipinski definition) is 3. The van der Waals surface area contributed by atoms with E-state index in [4.69, 9.17) is 4.74 Å². The largest absolute Gasteiger partial charge is 0.380 e. The van der Waals surface area contributed by atoms with Gasteiger partial charge < -0.3 is 25.3 Å². The number of carbonyl (C=O) groups is 2. The molecule has 4 rings (SSSR count). The van der Waals surface area contributed by atoms with Crippen molar-refractivity contribution >= 4 is 17.5 Å². The standard InChI is InChI=1S/C23H28FN5O4/c1-33-14-17-18(24)3-2-4-19(17)29-9-5-15(6-10-29)11-25-21(31)23(7-8-23)28-20(30)16-12-26-22(32)27-13-16/h2-4,12-13,15H,5-11,14H2,1H3,(H,25,31)(H,28,30)(H,26,27,32). The molecule has 3 N–H and O–H groups in total. The van der Waals surface area contributed by atoms with Crippen molar-refractivity contribution in [3.05, 3.63) is 58.0 Å². The molecule has 2 aliphatic rings. The fraction of sp³-hybridized carbons (Fsp3) is 0.478. The van der Waals surface area contributed by atoms with Gasteiger partial charge in [-0.25, -0.2) is 14.2 Å². The van der Waals surface area contributed by atoms with Crippen molar-refractivity contribution in [2.24, 2.45) is 5.92 Å². The van der Waals surface area contributed by atoms with Crippen molar-refractivity contribution < 1.29 is 18.7 Å². The van der Waals surface area contributed by atoms with Crippen molar-refractivity contribution in [2.75, 3.05) is 31.6 Å². The van der Waals surface area contributed by atoms with Crippen LogP contribution in [-0.4, -0.2) is 54.1 Å². The topological polar surface area (TPSA) is 116 Å². The summed E-state index contributed by atoms with van der Waals surface area (Å²) < 4.78 is 19.4. The summed E-state index contributed by atoms with van der Waals surface area (Å²) >= 11 is 0. The summed E-state index contributed by atoms with van der Waals surface area (Å²) in [7, 11) is 1.55. The van der Waals surface area contributed by atoms with Crippen LogP contribution >= 0.6 is 0 Å². The highest BCUT2D eigenvalue weighted by Crippen LogP contribution is 2.36. The number of methoxy groups -OCH3 is 1. The molecule has 1 aliphatic carbocycles. The van der Waals surface area contributed by atoms with Crippen LogP contribution in [0.5, 0.6) is 0 Å². The van der Waals surface area contributed by atoms with Gasteiger partial charge in [0.1, 0.15) is 11.4 Å². The molecule has 176 valence electrons. The first-order valence-corrected chi connectivity index (χ1v) is 11.1. The van der Waals surface area contributed by atoms with E-state index in [1.165, 1.54) is 18.5 Å². The Morgan fingerprint density at radius 1 is 1.30 bits per heavy atom. The summed E-state index contributed by atoms with van der Waals surface area (Å²) in [6.45, 7) is 2.28. The third-order valence-electron chi connectivity index (χ3n) is 6.36. The first kappa shape index (κ1) is 22.9. The Hall–Kier alpha value is -3.27. The number of ether oxygens (including phenoxy) is 1. The van der Waals surface area contributed by atoms with Crippen LogP contribution in [0.2, 0.25) is 0 Å². The second-order valence-electron chi connectivity index (χ2n) is 8.65. The van der Waals surface area contributed by atoms with Crippen LogP contribution in [0.1, 0.15) is 41.6 Å². The Morgan fingerprint density at radius 3 is 2.70 bits per heavy atom. The number of aromatic amines is 1. The van der Waals surface area contributed by atoms with Crippen LogP contribution in [0.25, 0.3) is 0 Å². The summed E-state index contributed by atoms with van der Waals surface area (Å²) in [6, 6.07) is 5.07. The van der Waals surface area contributed by atoms with Gasteiger partial charge >= 0.3 is 5.69 Å². The van der Waals surface area contributed by atoms with Crippen LogP contribution in [-0.2, 0) is 16.1 Å². The lowest BCUT2D eigenvalue weighted by atomic mass is 9.95. The van der Waals surface area contributed by atoms with Crippen molar-refractivity contribution in [3.8, 4) is 0 Å². The quantitative estimate of drug-likeness (QED) is 0.551. The van der Waals surface area contributed by atoms with Gasteiger partial charge in [0.2, 0.25) is 5.91 Å². The Kier molecular flexibility index (Phi) is 6.73. The maximum Gasteiger partial charge on any atom is 0.344 e. The molecule has 1 saturated carbocycles. The Morgan fingerprint density at radius 2 is 2.06 bits per heavy atom. The number of H-pyrrole nitrogens is 1. The second kappa shape index (κ2) is 9.70. The predicted molar refractivity (Wildman–Crippen MR) is 119 cm³/mol. The molecule has 0 spiro atoms. The molecule has 2 amide bonds. The molecule has 10 heteroatoms. The first-order valence-electron chi connectivity index (χ1n) is 11.1. The van der Waals surface area contributed by atoms with Crippen LogP contribution in [0.3, 0.4) is 0 Å². The van der Waals surface area contributed by atoms with E-state index in [-0.39, 0.29) is 23.9 Å². The third kappa shape index (κ3) is 5.22. The number of hydrogen-bond acceptors (Lipinski definition) is 6. The van der Waals surface area contributed by atoms with E-state index in [1.54, 1.807) is 13.2 Å². The number of anilines is 1. The van der Waals surface area contributed by atoms with Gasteiger partial charge in [-0.05, 0) is 43.7 Å². The van der Waals surface area contributed by atoms with E-state index in [1.807, 2.05) is 6.07 Å². The number of benzene rings is 1. The van der Waals surface area contributed by atoms with Crippen LogP contribution in [0.4, 0.5) is 10.1 Å². The van der Waals surface area contributed by atoms with E-state index in [2.05, 4.69) is 25.5 Å². The van der Waals surface area contributed by atoms with Crippen LogP contribution in [0.15, 0.2) is 35.4 Å². The fourth-order valence-corrected chi connectivity index (χ4v) is 4.20. The zero-order valence-electron chi connectivity index (χ0n) is 18.5. The highest BCUT2D eigenvalue weighted by molar-refractivity contribution is 6.00. The Labute approximate surface area is 190 Å². The molecule has 2 aromatic rings. The molecule has 33 heavy (non-hydrogen) atoms.